The Morgan fingerprint density at radius 2 is 1.59 bits per heavy atom. The average Bonchev–Trinajstić information content (AvgIpc) is 2.59. The number of rotatable bonds is 7. The van der Waals surface area contributed by atoms with Gasteiger partial charge in [-0.1, -0.05) is 63.2 Å². The van der Waals surface area contributed by atoms with Crippen LogP contribution in [-0.2, 0) is 26.8 Å². The summed E-state index contributed by atoms with van der Waals surface area (Å²) < 4.78 is 25.7. The van der Waals surface area contributed by atoms with Crippen molar-refractivity contribution in [3.05, 3.63) is 65.7 Å². The molecule has 0 fully saturated rings. The predicted molar refractivity (Wildman–Crippen MR) is 110 cm³/mol. The Hall–Kier alpha value is -2.34. The van der Waals surface area contributed by atoms with Crippen molar-refractivity contribution in [2.75, 3.05) is 17.1 Å². The van der Waals surface area contributed by atoms with Crippen LogP contribution >= 0.6 is 0 Å². The van der Waals surface area contributed by atoms with Gasteiger partial charge in [0.05, 0.1) is 11.9 Å². The monoisotopic (exact) mass is 388 g/mol. The summed E-state index contributed by atoms with van der Waals surface area (Å²) in [7, 11) is -3.48. The van der Waals surface area contributed by atoms with Crippen LogP contribution in [-0.4, -0.2) is 27.1 Å². The molecule has 2 aromatic rings. The molecule has 1 N–H and O–H groups in total. The molecule has 27 heavy (non-hydrogen) atoms. The van der Waals surface area contributed by atoms with Gasteiger partial charge in [0.2, 0.25) is 15.9 Å². The van der Waals surface area contributed by atoms with E-state index in [0.29, 0.717) is 12.2 Å². The van der Waals surface area contributed by atoms with Crippen molar-refractivity contribution in [3.63, 3.8) is 0 Å². The summed E-state index contributed by atoms with van der Waals surface area (Å²) in [6.45, 7) is 6.85. The highest BCUT2D eigenvalue weighted by Gasteiger charge is 2.20. The first kappa shape index (κ1) is 21.0. The standard InChI is InChI=1S/C21H28N2O3S/c1-21(2,3)18-10-12-19(13-11-18)23(27(4,25)26)15-14-20(24)22-16-17-8-6-5-7-9-17/h5-13H,14-16H2,1-4H3,(H,22,24). The number of anilines is 1. The molecule has 0 spiro atoms. The van der Waals surface area contributed by atoms with E-state index in [9.17, 15) is 13.2 Å². The lowest BCUT2D eigenvalue weighted by Gasteiger charge is -2.24. The third kappa shape index (κ3) is 6.40. The van der Waals surface area contributed by atoms with E-state index in [2.05, 4.69) is 26.1 Å². The summed E-state index contributed by atoms with van der Waals surface area (Å²) in [5.74, 6) is -0.182. The lowest BCUT2D eigenvalue weighted by atomic mass is 9.87. The van der Waals surface area contributed by atoms with Crippen molar-refractivity contribution in [2.45, 2.75) is 39.2 Å². The Balaban J connectivity index is 2.02. The number of nitrogens with one attached hydrogen (secondary N) is 1. The lowest BCUT2D eigenvalue weighted by molar-refractivity contribution is -0.121. The van der Waals surface area contributed by atoms with E-state index in [1.54, 1.807) is 12.1 Å². The van der Waals surface area contributed by atoms with Gasteiger partial charge in [-0.2, -0.15) is 0 Å². The Labute approximate surface area is 162 Å². The summed E-state index contributed by atoms with van der Waals surface area (Å²) >= 11 is 0. The van der Waals surface area contributed by atoms with Crippen molar-refractivity contribution in [1.29, 1.82) is 0 Å². The Morgan fingerprint density at radius 1 is 1.00 bits per heavy atom. The molecule has 146 valence electrons. The Kier molecular flexibility index (Phi) is 6.65. The maximum absolute atomic E-state index is 12.2. The fraction of sp³-hybridized carbons (Fsp3) is 0.381. The summed E-state index contributed by atoms with van der Waals surface area (Å²) in [5, 5.41) is 2.83. The quantitative estimate of drug-likeness (QED) is 0.790. The molecule has 0 atom stereocenters. The SMILES string of the molecule is CC(C)(C)c1ccc(N(CCC(=O)NCc2ccccc2)S(C)(=O)=O)cc1. The van der Waals surface area contributed by atoms with Gasteiger partial charge in [-0.25, -0.2) is 8.42 Å². The first-order valence-electron chi connectivity index (χ1n) is 8.96. The van der Waals surface area contributed by atoms with Crippen molar-refractivity contribution >= 4 is 21.6 Å². The van der Waals surface area contributed by atoms with Crippen LogP contribution in [0.3, 0.4) is 0 Å². The fourth-order valence-electron chi connectivity index (χ4n) is 2.70. The van der Waals surface area contributed by atoms with E-state index in [1.807, 2.05) is 42.5 Å². The fourth-order valence-corrected chi connectivity index (χ4v) is 3.63. The van der Waals surface area contributed by atoms with E-state index in [4.69, 9.17) is 0 Å². The molecule has 0 aliphatic rings. The zero-order chi connectivity index (χ0) is 20.1. The minimum atomic E-state index is -3.48. The average molecular weight is 389 g/mol. The molecule has 6 heteroatoms. The number of amides is 1. The first-order valence-corrected chi connectivity index (χ1v) is 10.8. The minimum Gasteiger partial charge on any atom is -0.352 e. The predicted octanol–water partition coefficient (Wildman–Crippen LogP) is 3.46. The van der Waals surface area contributed by atoms with Crippen LogP contribution in [0.1, 0.15) is 38.3 Å². The normalized spacial score (nSPS) is 11.9. The third-order valence-electron chi connectivity index (χ3n) is 4.30. The second-order valence-corrected chi connectivity index (χ2v) is 9.55. The third-order valence-corrected chi connectivity index (χ3v) is 5.49. The molecule has 0 unspecified atom stereocenters. The van der Waals surface area contributed by atoms with Gasteiger partial charge in [0.1, 0.15) is 0 Å². The minimum absolute atomic E-state index is 0.00816. The molecule has 1 amide bonds. The molecule has 2 aromatic carbocycles. The van der Waals surface area contributed by atoms with Crippen LogP contribution in [0, 0.1) is 0 Å². The summed E-state index contributed by atoms with van der Waals surface area (Å²) in [6.07, 6.45) is 1.26. The second kappa shape index (κ2) is 8.57. The van der Waals surface area contributed by atoms with Gasteiger partial charge in [0.25, 0.3) is 0 Å². The molecule has 0 aliphatic carbocycles. The number of carbonyl (C=O) groups excluding carboxylic acids is 1. The van der Waals surface area contributed by atoms with Crippen LogP contribution in [0.4, 0.5) is 5.69 Å². The lowest BCUT2D eigenvalue weighted by Crippen LogP contribution is -2.34. The van der Waals surface area contributed by atoms with E-state index < -0.39 is 10.0 Å². The van der Waals surface area contributed by atoms with Crippen LogP contribution in [0.2, 0.25) is 0 Å². The topological polar surface area (TPSA) is 66.5 Å². The molecule has 0 aliphatic heterocycles. The van der Waals surface area contributed by atoms with Crippen LogP contribution in [0.5, 0.6) is 0 Å². The van der Waals surface area contributed by atoms with Crippen LogP contribution < -0.4 is 9.62 Å². The van der Waals surface area contributed by atoms with Crippen molar-refractivity contribution in [2.24, 2.45) is 0 Å². The molecule has 0 heterocycles. The van der Waals surface area contributed by atoms with Crippen LogP contribution in [0.25, 0.3) is 0 Å². The largest absolute Gasteiger partial charge is 0.352 e. The van der Waals surface area contributed by atoms with Gasteiger partial charge in [0.15, 0.2) is 0 Å². The highest BCUT2D eigenvalue weighted by atomic mass is 32.2. The van der Waals surface area contributed by atoms with Gasteiger partial charge >= 0.3 is 0 Å². The van der Waals surface area contributed by atoms with Gasteiger partial charge in [0, 0.05) is 19.5 Å². The summed E-state index contributed by atoms with van der Waals surface area (Å²) in [5.41, 5.74) is 2.69. The van der Waals surface area contributed by atoms with Gasteiger partial charge in [-0.3, -0.25) is 9.10 Å². The van der Waals surface area contributed by atoms with Gasteiger partial charge < -0.3 is 5.32 Å². The maximum Gasteiger partial charge on any atom is 0.232 e. The number of hydrogen-bond acceptors (Lipinski definition) is 3. The number of benzene rings is 2. The molecule has 0 saturated heterocycles. The number of sulfonamides is 1. The zero-order valence-electron chi connectivity index (χ0n) is 16.4. The van der Waals surface area contributed by atoms with Crippen LogP contribution in [0.15, 0.2) is 54.6 Å². The smallest absolute Gasteiger partial charge is 0.232 e. The maximum atomic E-state index is 12.2. The van der Waals surface area contributed by atoms with Crippen molar-refractivity contribution in [3.8, 4) is 0 Å². The molecule has 5 nitrogen and oxygen atoms in total. The molecule has 0 radical (unpaired) electrons. The van der Waals surface area contributed by atoms with Gasteiger partial charge in [-0.05, 0) is 28.7 Å². The Morgan fingerprint density at radius 3 is 2.11 bits per heavy atom. The molecule has 0 bridgehead atoms. The van der Waals surface area contributed by atoms with E-state index in [-0.39, 0.29) is 24.3 Å². The molecular weight excluding hydrogens is 360 g/mol. The molecule has 2 rings (SSSR count). The number of carbonyl (C=O) groups is 1. The molecule has 0 saturated carbocycles. The second-order valence-electron chi connectivity index (χ2n) is 7.64. The zero-order valence-corrected chi connectivity index (χ0v) is 17.2. The van der Waals surface area contributed by atoms with Crippen molar-refractivity contribution in [1.82, 2.24) is 5.32 Å². The van der Waals surface area contributed by atoms with Gasteiger partial charge in [-0.15, -0.1) is 0 Å². The first-order chi connectivity index (χ1) is 12.6. The van der Waals surface area contributed by atoms with E-state index >= 15 is 0 Å². The summed E-state index contributed by atoms with van der Waals surface area (Å²) in [4.78, 5) is 12.1. The van der Waals surface area contributed by atoms with Crippen molar-refractivity contribution < 1.29 is 13.2 Å². The molecular formula is C21H28N2O3S. The van der Waals surface area contributed by atoms with E-state index in [1.165, 1.54) is 4.31 Å². The van der Waals surface area contributed by atoms with E-state index in [0.717, 1.165) is 17.4 Å². The molecule has 0 aromatic heterocycles. The highest BCUT2D eigenvalue weighted by molar-refractivity contribution is 7.92. The number of nitrogens with zero attached hydrogens (tertiary/aromatic N) is 1. The summed E-state index contributed by atoms with van der Waals surface area (Å²) in [6, 6.07) is 17.1. The number of hydrogen-bond donors (Lipinski definition) is 1. The highest BCUT2D eigenvalue weighted by Crippen LogP contribution is 2.26. The Bertz CT molecular complexity index is 855.